The lowest BCUT2D eigenvalue weighted by molar-refractivity contribution is -0.149. The first-order valence-electron chi connectivity index (χ1n) is 8.50. The fraction of sp³-hybridized carbons (Fsp3) is 0.765. The number of nitrogens with zero attached hydrogens (tertiary/aromatic N) is 1. The lowest BCUT2D eigenvalue weighted by Crippen LogP contribution is -2.57. The normalized spacial score (nSPS) is 19.2. The number of methoxy groups -OCH3 is 1. The van der Waals surface area contributed by atoms with Crippen LogP contribution in [0.15, 0.2) is 11.5 Å². The molecule has 1 rings (SSSR count). The summed E-state index contributed by atoms with van der Waals surface area (Å²) in [6.07, 6.45) is 2.74. The second kappa shape index (κ2) is 8.39. The molecule has 1 aliphatic rings. The number of ether oxygens (including phenoxy) is 2. The van der Waals surface area contributed by atoms with Crippen LogP contribution in [-0.4, -0.2) is 69.0 Å². The molecule has 1 N–H and O–H groups in total. The van der Waals surface area contributed by atoms with Crippen molar-refractivity contribution < 1.29 is 27.5 Å². The number of carbonyl (C=O) groups is 2. The summed E-state index contributed by atoms with van der Waals surface area (Å²) in [5.74, 6) is -0.325. The van der Waals surface area contributed by atoms with E-state index in [0.717, 1.165) is 11.7 Å². The fourth-order valence-corrected chi connectivity index (χ4v) is 3.07. The van der Waals surface area contributed by atoms with E-state index in [1.54, 1.807) is 32.6 Å². The van der Waals surface area contributed by atoms with Gasteiger partial charge in [-0.15, -0.1) is 0 Å². The van der Waals surface area contributed by atoms with Gasteiger partial charge in [-0.25, -0.2) is 13.2 Å². The third kappa shape index (κ3) is 6.95. The van der Waals surface area contributed by atoms with Gasteiger partial charge in [0.2, 0.25) is 0 Å². The first-order chi connectivity index (χ1) is 11.8. The molecule has 2 amide bonds. The monoisotopic (exact) mass is 390 g/mol. The minimum atomic E-state index is -3.25. The molecule has 1 saturated heterocycles. The van der Waals surface area contributed by atoms with E-state index >= 15 is 0 Å². The maximum absolute atomic E-state index is 12.6. The maximum Gasteiger partial charge on any atom is 0.410 e. The molecule has 0 radical (unpaired) electrons. The number of sulfone groups is 1. The van der Waals surface area contributed by atoms with Crippen LogP contribution < -0.4 is 5.32 Å². The summed E-state index contributed by atoms with van der Waals surface area (Å²) in [5, 5.41) is 3.80. The summed E-state index contributed by atoms with van der Waals surface area (Å²) in [6, 6.07) is -0.465. The van der Waals surface area contributed by atoms with Gasteiger partial charge in [-0.2, -0.15) is 0 Å². The van der Waals surface area contributed by atoms with E-state index in [1.165, 1.54) is 13.2 Å². The van der Waals surface area contributed by atoms with Crippen molar-refractivity contribution >= 4 is 21.8 Å². The molecule has 1 heterocycles. The molecule has 0 unspecified atom stereocenters. The molecule has 0 bridgehead atoms. The lowest BCUT2D eigenvalue weighted by atomic mass is 9.90. The Bertz CT molecular complexity index is 643. The molecule has 1 fully saturated rings. The van der Waals surface area contributed by atoms with Gasteiger partial charge in [-0.05, 0) is 27.7 Å². The molecule has 150 valence electrons. The highest BCUT2D eigenvalue weighted by Gasteiger charge is 2.43. The van der Waals surface area contributed by atoms with E-state index in [1.807, 2.05) is 0 Å². The van der Waals surface area contributed by atoms with Crippen LogP contribution in [0.3, 0.4) is 0 Å². The van der Waals surface area contributed by atoms with Crippen molar-refractivity contribution in [3.05, 3.63) is 11.5 Å². The zero-order chi connectivity index (χ0) is 20.2. The van der Waals surface area contributed by atoms with E-state index in [-0.39, 0.29) is 5.91 Å². The summed E-state index contributed by atoms with van der Waals surface area (Å²) in [6.45, 7) is 7.75. The van der Waals surface area contributed by atoms with E-state index in [9.17, 15) is 18.0 Å². The highest BCUT2D eigenvalue weighted by Crippen LogP contribution is 2.27. The molecule has 0 spiro atoms. The number of nitrogens with one attached hydrogen (secondary N) is 1. The van der Waals surface area contributed by atoms with Gasteiger partial charge in [0.05, 0.1) is 0 Å². The summed E-state index contributed by atoms with van der Waals surface area (Å²) in [4.78, 5) is 26.3. The number of hydrogen-bond donors (Lipinski definition) is 1. The Morgan fingerprint density at radius 1 is 1.23 bits per heavy atom. The Hall–Kier alpha value is -1.61. The van der Waals surface area contributed by atoms with Crippen molar-refractivity contribution in [2.75, 3.05) is 26.5 Å². The summed E-state index contributed by atoms with van der Waals surface area (Å²) >= 11 is 0. The van der Waals surface area contributed by atoms with Crippen LogP contribution in [0.1, 0.15) is 40.5 Å². The molecule has 0 aromatic rings. The van der Waals surface area contributed by atoms with Crippen molar-refractivity contribution in [1.29, 1.82) is 0 Å². The Morgan fingerprint density at radius 3 is 2.19 bits per heavy atom. The molecule has 9 heteroatoms. The Kier molecular flexibility index (Phi) is 7.24. The molecule has 1 atom stereocenters. The number of carbonyl (C=O) groups excluding carboxylic acids is 2. The highest BCUT2D eigenvalue weighted by molar-refractivity contribution is 7.93. The van der Waals surface area contributed by atoms with Gasteiger partial charge < -0.3 is 19.7 Å². The van der Waals surface area contributed by atoms with Crippen LogP contribution in [-0.2, 0) is 24.1 Å². The van der Waals surface area contributed by atoms with Crippen molar-refractivity contribution in [3.8, 4) is 0 Å². The van der Waals surface area contributed by atoms with E-state index < -0.39 is 33.2 Å². The van der Waals surface area contributed by atoms with Crippen molar-refractivity contribution in [2.45, 2.75) is 57.8 Å². The van der Waals surface area contributed by atoms with Gasteiger partial charge in [0.15, 0.2) is 9.84 Å². The molecule has 1 aliphatic heterocycles. The van der Waals surface area contributed by atoms with Gasteiger partial charge in [0.25, 0.3) is 5.91 Å². The van der Waals surface area contributed by atoms with Crippen molar-refractivity contribution in [2.24, 2.45) is 0 Å². The highest BCUT2D eigenvalue weighted by atomic mass is 32.2. The zero-order valence-corrected chi connectivity index (χ0v) is 17.2. The molecule has 8 nitrogen and oxygen atoms in total. The summed E-state index contributed by atoms with van der Waals surface area (Å²) < 4.78 is 33.2. The number of rotatable bonds is 5. The van der Waals surface area contributed by atoms with Gasteiger partial charge in [-0.3, -0.25) is 4.79 Å². The van der Waals surface area contributed by atoms with E-state index in [2.05, 4.69) is 5.32 Å². The van der Waals surface area contributed by atoms with Crippen LogP contribution >= 0.6 is 0 Å². The number of likely N-dealkylation sites (tertiary alicyclic amines) is 1. The fourth-order valence-electron chi connectivity index (χ4n) is 2.55. The quantitative estimate of drug-likeness (QED) is 0.763. The van der Waals surface area contributed by atoms with Gasteiger partial charge in [0.1, 0.15) is 11.2 Å². The predicted octanol–water partition coefficient (Wildman–Crippen LogP) is 1.47. The Balaban J connectivity index is 2.69. The van der Waals surface area contributed by atoms with E-state index in [4.69, 9.17) is 9.47 Å². The molecule has 0 aromatic carbocycles. The summed E-state index contributed by atoms with van der Waals surface area (Å²) in [7, 11) is -1.80. The van der Waals surface area contributed by atoms with Crippen molar-refractivity contribution in [1.82, 2.24) is 10.2 Å². The average Bonchev–Trinajstić information content (AvgIpc) is 2.50. The van der Waals surface area contributed by atoms with Gasteiger partial charge in [-0.1, -0.05) is 6.08 Å². The smallest absolute Gasteiger partial charge is 0.410 e. The zero-order valence-electron chi connectivity index (χ0n) is 16.4. The minimum Gasteiger partial charge on any atom is -0.444 e. The second-order valence-corrected chi connectivity index (χ2v) is 9.52. The predicted molar refractivity (Wildman–Crippen MR) is 98.4 cm³/mol. The van der Waals surface area contributed by atoms with Crippen LogP contribution in [0.5, 0.6) is 0 Å². The maximum atomic E-state index is 12.6. The van der Waals surface area contributed by atoms with Crippen molar-refractivity contribution in [3.63, 3.8) is 0 Å². The SMILES string of the molecule is COC1(C(=O)N[C@H](C)/C=C\S(C)(=O)=O)CCN(C(=O)OC(C)(C)C)CC1. The van der Waals surface area contributed by atoms with E-state index in [0.29, 0.717) is 25.9 Å². The summed E-state index contributed by atoms with van der Waals surface area (Å²) in [5.41, 5.74) is -1.63. The number of piperidine rings is 1. The number of amides is 2. The molecule has 0 aromatic heterocycles. The molecule has 0 saturated carbocycles. The molecule has 26 heavy (non-hydrogen) atoms. The first kappa shape index (κ1) is 22.4. The molecular formula is C17H30N2O6S. The third-order valence-corrected chi connectivity index (χ3v) is 4.65. The van der Waals surface area contributed by atoms with Crippen LogP contribution in [0.25, 0.3) is 0 Å². The number of hydrogen-bond acceptors (Lipinski definition) is 6. The Labute approximate surface area is 155 Å². The third-order valence-electron chi connectivity index (χ3n) is 4.00. The van der Waals surface area contributed by atoms with Gasteiger partial charge in [0, 0.05) is 50.7 Å². The van der Waals surface area contributed by atoms with Gasteiger partial charge >= 0.3 is 6.09 Å². The average molecular weight is 391 g/mol. The molecule has 0 aliphatic carbocycles. The van der Waals surface area contributed by atoms with Crippen LogP contribution in [0.2, 0.25) is 0 Å². The lowest BCUT2D eigenvalue weighted by Gasteiger charge is -2.40. The Morgan fingerprint density at radius 2 is 1.77 bits per heavy atom. The standard InChI is InChI=1S/C17H30N2O6S/c1-13(7-12-26(6,22)23)18-14(20)17(24-5)8-10-19(11-9-17)15(21)25-16(2,3)4/h7,12-13H,8-11H2,1-6H3,(H,18,20)/b12-7-/t13-/m1/s1. The van der Waals surface area contributed by atoms with Crippen LogP contribution in [0.4, 0.5) is 4.79 Å². The molecular weight excluding hydrogens is 360 g/mol. The largest absolute Gasteiger partial charge is 0.444 e. The topological polar surface area (TPSA) is 102 Å². The minimum absolute atomic E-state index is 0.325. The second-order valence-electron chi connectivity index (χ2n) is 7.59. The van der Waals surface area contributed by atoms with Crippen LogP contribution in [0, 0.1) is 0 Å². The first-order valence-corrected chi connectivity index (χ1v) is 10.5.